The van der Waals surface area contributed by atoms with Crippen molar-refractivity contribution in [3.8, 4) is 0 Å². The fourth-order valence-electron chi connectivity index (χ4n) is 0.963. The molecule has 0 amide bonds. The molecule has 0 aliphatic heterocycles. The van der Waals surface area contributed by atoms with Gasteiger partial charge < -0.3 is 5.32 Å². The SMILES string of the molecule is Cc1ccnc(NC(C)C(C)Cl)c1. The van der Waals surface area contributed by atoms with Crippen molar-refractivity contribution in [2.24, 2.45) is 0 Å². The molecule has 72 valence electrons. The van der Waals surface area contributed by atoms with Crippen LogP contribution in [0.4, 0.5) is 5.82 Å². The van der Waals surface area contributed by atoms with Crippen LogP contribution in [0.3, 0.4) is 0 Å². The Morgan fingerprint density at radius 2 is 2.15 bits per heavy atom. The van der Waals surface area contributed by atoms with E-state index in [9.17, 15) is 0 Å². The van der Waals surface area contributed by atoms with Crippen molar-refractivity contribution >= 4 is 17.4 Å². The summed E-state index contributed by atoms with van der Waals surface area (Å²) in [5.41, 5.74) is 1.20. The van der Waals surface area contributed by atoms with E-state index < -0.39 is 0 Å². The standard InChI is InChI=1S/C10H15ClN2/c1-7-4-5-12-10(6-7)13-9(3)8(2)11/h4-6,8-9H,1-3H3,(H,12,13). The minimum atomic E-state index is 0.0994. The van der Waals surface area contributed by atoms with Gasteiger partial charge in [-0.05, 0) is 38.5 Å². The number of nitrogens with zero attached hydrogens (tertiary/aromatic N) is 1. The summed E-state index contributed by atoms with van der Waals surface area (Å²) in [7, 11) is 0. The van der Waals surface area contributed by atoms with Gasteiger partial charge in [0.2, 0.25) is 0 Å². The molecule has 0 saturated heterocycles. The third kappa shape index (κ3) is 3.23. The first-order valence-corrected chi connectivity index (χ1v) is 4.86. The van der Waals surface area contributed by atoms with E-state index in [0.717, 1.165) is 5.82 Å². The smallest absolute Gasteiger partial charge is 0.126 e. The molecule has 1 heterocycles. The lowest BCUT2D eigenvalue weighted by atomic mass is 10.2. The van der Waals surface area contributed by atoms with Crippen LogP contribution in [0.2, 0.25) is 0 Å². The molecular weight excluding hydrogens is 184 g/mol. The first-order valence-electron chi connectivity index (χ1n) is 4.43. The number of anilines is 1. The number of alkyl halides is 1. The van der Waals surface area contributed by atoms with Crippen molar-refractivity contribution in [2.45, 2.75) is 32.2 Å². The van der Waals surface area contributed by atoms with Crippen LogP contribution >= 0.6 is 11.6 Å². The lowest BCUT2D eigenvalue weighted by Crippen LogP contribution is -2.24. The van der Waals surface area contributed by atoms with Crippen molar-refractivity contribution in [2.75, 3.05) is 5.32 Å². The quantitative estimate of drug-likeness (QED) is 0.756. The highest BCUT2D eigenvalue weighted by atomic mass is 35.5. The first kappa shape index (κ1) is 10.3. The Labute approximate surface area is 84.3 Å². The van der Waals surface area contributed by atoms with E-state index in [0.29, 0.717) is 0 Å². The lowest BCUT2D eigenvalue weighted by Gasteiger charge is -2.16. The van der Waals surface area contributed by atoms with Crippen molar-refractivity contribution in [3.63, 3.8) is 0 Å². The number of pyridine rings is 1. The number of rotatable bonds is 3. The molecule has 0 radical (unpaired) electrons. The second-order valence-corrected chi connectivity index (χ2v) is 4.02. The average molecular weight is 199 g/mol. The molecule has 2 atom stereocenters. The molecular formula is C10H15ClN2. The minimum Gasteiger partial charge on any atom is -0.366 e. The molecule has 1 aromatic rings. The first-order chi connectivity index (χ1) is 6.09. The van der Waals surface area contributed by atoms with Crippen LogP contribution in [-0.4, -0.2) is 16.4 Å². The monoisotopic (exact) mass is 198 g/mol. The molecule has 3 heteroatoms. The second-order valence-electron chi connectivity index (χ2n) is 3.33. The Hall–Kier alpha value is -0.760. The predicted molar refractivity (Wildman–Crippen MR) is 57.4 cm³/mol. The summed E-state index contributed by atoms with van der Waals surface area (Å²) >= 11 is 5.93. The third-order valence-corrected chi connectivity index (χ3v) is 2.36. The van der Waals surface area contributed by atoms with Crippen molar-refractivity contribution < 1.29 is 0 Å². The molecule has 0 bridgehead atoms. The predicted octanol–water partition coefficient (Wildman–Crippen LogP) is 2.82. The maximum atomic E-state index is 5.93. The zero-order chi connectivity index (χ0) is 9.84. The minimum absolute atomic E-state index is 0.0994. The van der Waals surface area contributed by atoms with Gasteiger partial charge >= 0.3 is 0 Å². The molecule has 2 nitrogen and oxygen atoms in total. The van der Waals surface area contributed by atoms with E-state index in [1.165, 1.54) is 5.56 Å². The summed E-state index contributed by atoms with van der Waals surface area (Å²) < 4.78 is 0. The van der Waals surface area contributed by atoms with E-state index in [1.54, 1.807) is 6.20 Å². The Balaban J connectivity index is 2.64. The summed E-state index contributed by atoms with van der Waals surface area (Å²) in [6.07, 6.45) is 1.79. The van der Waals surface area contributed by atoms with Crippen LogP contribution in [0.15, 0.2) is 18.3 Å². The lowest BCUT2D eigenvalue weighted by molar-refractivity contribution is 0.767. The van der Waals surface area contributed by atoms with Gasteiger partial charge in [-0.1, -0.05) is 0 Å². The fourth-order valence-corrected chi connectivity index (χ4v) is 1.03. The Morgan fingerprint density at radius 3 is 2.69 bits per heavy atom. The van der Waals surface area contributed by atoms with Crippen LogP contribution < -0.4 is 5.32 Å². The third-order valence-electron chi connectivity index (χ3n) is 1.98. The highest BCUT2D eigenvalue weighted by Crippen LogP contribution is 2.10. The maximum Gasteiger partial charge on any atom is 0.126 e. The van der Waals surface area contributed by atoms with Crippen molar-refractivity contribution in [1.82, 2.24) is 4.98 Å². The summed E-state index contributed by atoms with van der Waals surface area (Å²) in [6, 6.07) is 4.21. The molecule has 0 saturated carbocycles. The molecule has 13 heavy (non-hydrogen) atoms. The summed E-state index contributed by atoms with van der Waals surface area (Å²) in [5, 5.41) is 3.34. The van der Waals surface area contributed by atoms with Gasteiger partial charge in [-0.2, -0.15) is 0 Å². The number of aryl methyl sites for hydroxylation is 1. The Morgan fingerprint density at radius 1 is 1.46 bits per heavy atom. The number of aromatic nitrogens is 1. The zero-order valence-corrected chi connectivity index (χ0v) is 8.97. The molecule has 2 unspecified atom stereocenters. The summed E-state index contributed by atoms with van der Waals surface area (Å²) in [4.78, 5) is 4.19. The largest absolute Gasteiger partial charge is 0.366 e. The normalized spacial score (nSPS) is 15.1. The van der Waals surface area contributed by atoms with Crippen LogP contribution in [0, 0.1) is 6.92 Å². The molecule has 0 aromatic carbocycles. The van der Waals surface area contributed by atoms with Gasteiger partial charge in [-0.25, -0.2) is 4.98 Å². The van der Waals surface area contributed by atoms with Crippen LogP contribution in [-0.2, 0) is 0 Å². The van der Waals surface area contributed by atoms with E-state index in [-0.39, 0.29) is 11.4 Å². The van der Waals surface area contributed by atoms with E-state index >= 15 is 0 Å². The highest BCUT2D eigenvalue weighted by molar-refractivity contribution is 6.20. The summed E-state index contributed by atoms with van der Waals surface area (Å²) in [5.74, 6) is 0.889. The van der Waals surface area contributed by atoms with Gasteiger partial charge in [0.05, 0.1) is 5.38 Å². The second kappa shape index (κ2) is 4.47. The molecule has 0 spiro atoms. The van der Waals surface area contributed by atoms with Crippen LogP contribution in [0.25, 0.3) is 0 Å². The Bertz CT molecular complexity index is 273. The van der Waals surface area contributed by atoms with Gasteiger partial charge in [0, 0.05) is 12.2 Å². The highest BCUT2D eigenvalue weighted by Gasteiger charge is 2.08. The van der Waals surface area contributed by atoms with Gasteiger partial charge in [0.15, 0.2) is 0 Å². The van der Waals surface area contributed by atoms with E-state index in [1.807, 2.05) is 32.9 Å². The molecule has 0 fully saturated rings. The number of hydrogen-bond acceptors (Lipinski definition) is 2. The van der Waals surface area contributed by atoms with Crippen LogP contribution in [0.5, 0.6) is 0 Å². The van der Waals surface area contributed by atoms with Crippen molar-refractivity contribution in [3.05, 3.63) is 23.9 Å². The van der Waals surface area contributed by atoms with E-state index in [2.05, 4.69) is 10.3 Å². The number of halogens is 1. The maximum absolute atomic E-state index is 5.93. The van der Waals surface area contributed by atoms with Gasteiger partial charge in [0.1, 0.15) is 5.82 Å². The molecule has 1 N–H and O–H groups in total. The molecule has 0 aliphatic carbocycles. The average Bonchev–Trinajstić information content (AvgIpc) is 2.04. The van der Waals surface area contributed by atoms with Gasteiger partial charge in [-0.3, -0.25) is 0 Å². The molecule has 1 aromatic heterocycles. The fraction of sp³-hybridized carbons (Fsp3) is 0.500. The topological polar surface area (TPSA) is 24.9 Å². The van der Waals surface area contributed by atoms with Gasteiger partial charge in [-0.15, -0.1) is 11.6 Å². The van der Waals surface area contributed by atoms with Crippen LogP contribution in [0.1, 0.15) is 19.4 Å². The molecule has 1 rings (SSSR count). The number of nitrogens with one attached hydrogen (secondary N) is 1. The van der Waals surface area contributed by atoms with E-state index in [4.69, 9.17) is 11.6 Å². The molecule has 0 aliphatic rings. The van der Waals surface area contributed by atoms with Crippen molar-refractivity contribution in [1.29, 1.82) is 0 Å². The zero-order valence-electron chi connectivity index (χ0n) is 8.21. The number of hydrogen-bond donors (Lipinski definition) is 1. The van der Waals surface area contributed by atoms with Gasteiger partial charge in [0.25, 0.3) is 0 Å². The Kier molecular flexibility index (Phi) is 3.55. The summed E-state index contributed by atoms with van der Waals surface area (Å²) in [6.45, 7) is 6.05.